The van der Waals surface area contributed by atoms with Crippen LogP contribution in [-0.2, 0) is 4.79 Å². The van der Waals surface area contributed by atoms with E-state index in [1.54, 1.807) is 24.4 Å². The maximum Gasteiger partial charge on any atom is 0.235 e. The third-order valence-electron chi connectivity index (χ3n) is 1.43. The van der Waals surface area contributed by atoms with Crippen LogP contribution >= 0.6 is 15.9 Å². The highest BCUT2D eigenvalue weighted by molar-refractivity contribution is 9.09. The van der Waals surface area contributed by atoms with Crippen molar-refractivity contribution in [1.82, 2.24) is 4.98 Å². The zero-order valence-corrected chi connectivity index (χ0v) is 8.54. The van der Waals surface area contributed by atoms with Crippen molar-refractivity contribution in [3.8, 4) is 0 Å². The summed E-state index contributed by atoms with van der Waals surface area (Å²) in [6.45, 7) is 3.60. The molecule has 0 saturated carbocycles. The number of amides is 1. The van der Waals surface area contributed by atoms with Crippen molar-refractivity contribution in [2.75, 3.05) is 10.6 Å². The van der Waals surface area contributed by atoms with Crippen molar-refractivity contribution < 1.29 is 4.79 Å². The van der Waals surface area contributed by atoms with Crippen LogP contribution in [0.2, 0.25) is 0 Å². The van der Waals surface area contributed by atoms with Gasteiger partial charge in [0, 0.05) is 6.20 Å². The second-order valence-electron chi connectivity index (χ2n) is 2.32. The molecule has 0 bridgehead atoms. The summed E-state index contributed by atoms with van der Waals surface area (Å²) in [7, 11) is 0. The van der Waals surface area contributed by atoms with E-state index in [9.17, 15) is 4.79 Å². The van der Waals surface area contributed by atoms with Crippen molar-refractivity contribution in [2.45, 2.75) is 0 Å². The lowest BCUT2D eigenvalue weighted by Gasteiger charge is -2.04. The van der Waals surface area contributed by atoms with Crippen molar-refractivity contribution in [3.63, 3.8) is 0 Å². The van der Waals surface area contributed by atoms with Gasteiger partial charge in [-0.3, -0.25) is 9.78 Å². The number of anilines is 1. The molecule has 0 aliphatic carbocycles. The number of alkyl halides is 1. The molecular formula is C9H9BrN2O. The highest BCUT2D eigenvalue weighted by Crippen LogP contribution is 2.12. The average molecular weight is 241 g/mol. The molecule has 0 spiro atoms. The number of nitrogens with zero attached hydrogens (tertiary/aromatic N) is 1. The number of pyridine rings is 1. The molecule has 1 aromatic rings. The quantitative estimate of drug-likeness (QED) is 0.823. The van der Waals surface area contributed by atoms with E-state index in [1.807, 2.05) is 0 Å². The zero-order valence-electron chi connectivity index (χ0n) is 6.96. The Morgan fingerprint density at radius 2 is 2.54 bits per heavy atom. The fourth-order valence-corrected chi connectivity index (χ4v) is 1.01. The van der Waals surface area contributed by atoms with Gasteiger partial charge < -0.3 is 5.32 Å². The molecule has 1 rings (SSSR count). The number of carbonyl (C=O) groups is 1. The molecule has 0 atom stereocenters. The summed E-state index contributed by atoms with van der Waals surface area (Å²) < 4.78 is 0. The molecule has 1 aromatic heterocycles. The van der Waals surface area contributed by atoms with Gasteiger partial charge in [-0.05, 0) is 18.2 Å². The summed E-state index contributed by atoms with van der Waals surface area (Å²) in [5.74, 6) is -0.101. The Bertz CT molecular complexity index is 325. The van der Waals surface area contributed by atoms with Gasteiger partial charge in [-0.1, -0.05) is 22.5 Å². The Labute approximate surface area is 85.0 Å². The lowest BCUT2D eigenvalue weighted by Crippen LogP contribution is -2.13. The summed E-state index contributed by atoms with van der Waals surface area (Å²) in [6.07, 6.45) is 3.25. The minimum Gasteiger partial charge on any atom is -0.323 e. The van der Waals surface area contributed by atoms with Crippen molar-refractivity contribution in [2.24, 2.45) is 0 Å². The first-order chi connectivity index (χ1) is 6.27. The highest BCUT2D eigenvalue weighted by atomic mass is 79.9. The normalized spacial score (nSPS) is 9.31. The monoisotopic (exact) mass is 240 g/mol. The Kier molecular flexibility index (Phi) is 3.64. The average Bonchev–Trinajstić information content (AvgIpc) is 2.18. The van der Waals surface area contributed by atoms with Crippen LogP contribution in [0.15, 0.2) is 24.9 Å². The summed E-state index contributed by atoms with van der Waals surface area (Å²) in [4.78, 5) is 15.1. The van der Waals surface area contributed by atoms with Crippen LogP contribution in [0.25, 0.3) is 6.08 Å². The Hall–Kier alpha value is -1.16. The highest BCUT2D eigenvalue weighted by Gasteiger charge is 2.02. The van der Waals surface area contributed by atoms with Gasteiger partial charge in [-0.15, -0.1) is 0 Å². The largest absolute Gasteiger partial charge is 0.323 e. The van der Waals surface area contributed by atoms with Gasteiger partial charge in [-0.2, -0.15) is 0 Å². The van der Waals surface area contributed by atoms with Crippen LogP contribution in [-0.4, -0.2) is 16.2 Å². The number of nitrogens with one attached hydrogen (secondary N) is 1. The molecule has 0 saturated heterocycles. The fraction of sp³-hybridized carbons (Fsp3) is 0.111. The summed E-state index contributed by atoms with van der Waals surface area (Å²) in [5.41, 5.74) is 1.36. The maximum absolute atomic E-state index is 11.0. The van der Waals surface area contributed by atoms with E-state index in [-0.39, 0.29) is 11.2 Å². The van der Waals surface area contributed by atoms with Gasteiger partial charge in [0.25, 0.3) is 0 Å². The third kappa shape index (κ3) is 2.66. The van der Waals surface area contributed by atoms with Gasteiger partial charge in [0.2, 0.25) is 5.91 Å². The lowest BCUT2D eigenvalue weighted by molar-refractivity contribution is -0.113. The fourth-order valence-electron chi connectivity index (χ4n) is 0.869. The smallest absolute Gasteiger partial charge is 0.235 e. The second kappa shape index (κ2) is 4.77. The van der Waals surface area contributed by atoms with E-state index >= 15 is 0 Å². The first kappa shape index (κ1) is 9.92. The van der Waals surface area contributed by atoms with E-state index in [1.165, 1.54) is 0 Å². The van der Waals surface area contributed by atoms with E-state index in [0.717, 1.165) is 0 Å². The minimum absolute atomic E-state index is 0.101. The van der Waals surface area contributed by atoms with Crippen LogP contribution in [0.5, 0.6) is 0 Å². The molecule has 0 aromatic carbocycles. The number of halogens is 1. The van der Waals surface area contributed by atoms with Crippen molar-refractivity contribution >= 4 is 33.6 Å². The van der Waals surface area contributed by atoms with Crippen molar-refractivity contribution in [3.05, 3.63) is 30.6 Å². The second-order valence-corrected chi connectivity index (χ2v) is 2.88. The molecule has 3 nitrogen and oxygen atoms in total. The van der Waals surface area contributed by atoms with E-state index < -0.39 is 0 Å². The Morgan fingerprint density at radius 1 is 1.77 bits per heavy atom. The minimum atomic E-state index is -0.101. The molecule has 68 valence electrons. The van der Waals surface area contributed by atoms with E-state index in [4.69, 9.17) is 0 Å². The van der Waals surface area contributed by atoms with Gasteiger partial charge in [-0.25, -0.2) is 0 Å². The van der Waals surface area contributed by atoms with Gasteiger partial charge >= 0.3 is 0 Å². The molecular weight excluding hydrogens is 232 g/mol. The Morgan fingerprint density at radius 3 is 3.15 bits per heavy atom. The first-order valence-corrected chi connectivity index (χ1v) is 4.83. The molecule has 0 unspecified atom stereocenters. The Balaban J connectivity index is 2.87. The molecule has 0 aliphatic heterocycles. The molecule has 0 fully saturated rings. The van der Waals surface area contributed by atoms with E-state index in [2.05, 4.69) is 32.8 Å². The van der Waals surface area contributed by atoms with Crippen LogP contribution in [0, 0.1) is 0 Å². The molecule has 4 heteroatoms. The number of carbonyl (C=O) groups excluding carboxylic acids is 1. The topological polar surface area (TPSA) is 42.0 Å². The van der Waals surface area contributed by atoms with Crippen LogP contribution < -0.4 is 5.32 Å². The molecule has 0 aliphatic rings. The SMILES string of the molecule is C=Cc1ncccc1NC(=O)CBr. The van der Waals surface area contributed by atoms with E-state index in [0.29, 0.717) is 11.4 Å². The number of rotatable bonds is 3. The molecule has 1 heterocycles. The molecule has 0 radical (unpaired) electrons. The van der Waals surface area contributed by atoms with Gasteiger partial charge in [0.05, 0.1) is 16.7 Å². The standard InChI is InChI=1S/C9H9BrN2O/c1-2-7-8(4-3-5-11-7)12-9(13)6-10/h2-5H,1,6H2,(H,12,13). The summed E-state index contributed by atoms with van der Waals surface area (Å²) in [5, 5.41) is 2.97. The number of aromatic nitrogens is 1. The van der Waals surface area contributed by atoms with Gasteiger partial charge in [0.15, 0.2) is 0 Å². The van der Waals surface area contributed by atoms with Crippen LogP contribution in [0.4, 0.5) is 5.69 Å². The molecule has 1 N–H and O–H groups in total. The molecule has 1 amide bonds. The summed E-state index contributed by atoms with van der Waals surface area (Å²) >= 11 is 3.06. The predicted molar refractivity (Wildman–Crippen MR) is 56.8 cm³/mol. The van der Waals surface area contributed by atoms with Crippen molar-refractivity contribution in [1.29, 1.82) is 0 Å². The maximum atomic E-state index is 11.0. The predicted octanol–water partition coefficient (Wildman–Crippen LogP) is 2.06. The third-order valence-corrected chi connectivity index (χ3v) is 1.94. The number of hydrogen-bond acceptors (Lipinski definition) is 2. The van der Waals surface area contributed by atoms with Crippen LogP contribution in [0.1, 0.15) is 5.69 Å². The lowest BCUT2D eigenvalue weighted by atomic mass is 10.3. The first-order valence-electron chi connectivity index (χ1n) is 3.71. The summed E-state index contributed by atoms with van der Waals surface area (Å²) in [6, 6.07) is 3.54. The molecule has 13 heavy (non-hydrogen) atoms. The zero-order chi connectivity index (χ0) is 9.68. The van der Waals surface area contributed by atoms with Gasteiger partial charge in [0.1, 0.15) is 0 Å². The number of hydrogen-bond donors (Lipinski definition) is 1. The van der Waals surface area contributed by atoms with Crippen LogP contribution in [0.3, 0.4) is 0 Å².